The molecule has 9 heteroatoms. The molecule has 2 N–H and O–H groups in total. The Kier molecular flexibility index (Phi) is 6.40. The van der Waals surface area contributed by atoms with Gasteiger partial charge in [0.05, 0.1) is 0 Å². The minimum absolute atomic E-state index is 0.0458. The number of halogens is 3. The summed E-state index contributed by atoms with van der Waals surface area (Å²) >= 11 is 0. The normalized spacial score (nSPS) is 20.3. The predicted molar refractivity (Wildman–Crippen MR) is 110 cm³/mol. The molecule has 168 valence electrons. The molecule has 2 heterocycles. The van der Waals surface area contributed by atoms with E-state index in [9.17, 15) is 13.6 Å². The second-order valence-corrected chi connectivity index (χ2v) is 9.21. The van der Waals surface area contributed by atoms with Crippen LogP contribution in [0.15, 0.2) is 12.1 Å². The number of carbonyl (C=O) groups excluding carboxylic acids is 1. The summed E-state index contributed by atoms with van der Waals surface area (Å²) in [6, 6.07) is 2.22. The first-order valence-electron chi connectivity index (χ1n) is 10.3. The number of ether oxygens (including phenoxy) is 1. The molecule has 2 aliphatic rings. The van der Waals surface area contributed by atoms with Gasteiger partial charge in [-0.25, -0.2) is 18.0 Å². The van der Waals surface area contributed by atoms with E-state index < -0.39 is 29.0 Å². The second kappa shape index (κ2) is 8.53. The summed E-state index contributed by atoms with van der Waals surface area (Å²) in [4.78, 5) is 17.3. The fraction of sp³-hybridized carbons (Fsp3) is 0.667. The predicted octanol–water partition coefficient (Wildman–Crippen LogP) is 3.41. The summed E-state index contributed by atoms with van der Waals surface area (Å²) in [5.74, 6) is -1.37. The van der Waals surface area contributed by atoms with E-state index >= 15 is 4.39 Å². The maximum Gasteiger partial charge on any atom is 0.410 e. The number of likely N-dealkylation sites (tertiary alicyclic amines) is 1. The van der Waals surface area contributed by atoms with Crippen LogP contribution in [0.3, 0.4) is 0 Å². The molecule has 2 aliphatic heterocycles. The molecule has 0 unspecified atom stereocenters. The van der Waals surface area contributed by atoms with Crippen LogP contribution in [0.2, 0.25) is 0 Å². The third kappa shape index (κ3) is 5.50. The van der Waals surface area contributed by atoms with Crippen LogP contribution in [0.4, 0.5) is 29.3 Å². The third-order valence-corrected chi connectivity index (χ3v) is 5.55. The zero-order valence-electron chi connectivity index (χ0n) is 17.9. The number of piperazine rings is 1. The molecule has 1 amide bonds. The number of nitrogen functional groups attached to an aromatic ring is 1. The molecular formula is C21H31F3N4O2. The highest BCUT2D eigenvalue weighted by molar-refractivity contribution is 5.68. The van der Waals surface area contributed by atoms with Crippen molar-refractivity contribution in [2.24, 2.45) is 0 Å². The highest BCUT2D eigenvalue weighted by Gasteiger charge is 2.39. The standard InChI is InChI=1S/C21H31F3N4O2/c1-20(2,3)30-19(29)28-6-4-21(24,5-7-28)14-26-8-10-27(11-9-26)18-16(22)12-15(25)13-17(18)23/h12-13H,4-11,14,25H2,1-3H3. The van der Waals surface area contributed by atoms with Crippen molar-refractivity contribution < 1.29 is 22.7 Å². The number of rotatable bonds is 3. The van der Waals surface area contributed by atoms with Crippen LogP contribution < -0.4 is 10.6 Å². The molecule has 2 saturated heterocycles. The highest BCUT2D eigenvalue weighted by atomic mass is 19.1. The summed E-state index contributed by atoms with van der Waals surface area (Å²) in [6.45, 7) is 8.09. The number of benzene rings is 1. The number of anilines is 2. The topological polar surface area (TPSA) is 62.0 Å². The molecule has 6 nitrogen and oxygen atoms in total. The van der Waals surface area contributed by atoms with Crippen molar-refractivity contribution in [3.8, 4) is 0 Å². The van der Waals surface area contributed by atoms with Crippen molar-refractivity contribution >= 4 is 17.5 Å². The maximum absolute atomic E-state index is 15.4. The average Bonchev–Trinajstić information content (AvgIpc) is 2.61. The Balaban J connectivity index is 1.50. The first-order valence-corrected chi connectivity index (χ1v) is 10.3. The minimum Gasteiger partial charge on any atom is -0.444 e. The Bertz CT molecular complexity index is 745. The molecule has 0 radical (unpaired) electrons. The molecule has 30 heavy (non-hydrogen) atoms. The Morgan fingerprint density at radius 2 is 1.60 bits per heavy atom. The first kappa shape index (κ1) is 22.5. The van der Waals surface area contributed by atoms with E-state index in [-0.39, 0.29) is 30.8 Å². The first-order chi connectivity index (χ1) is 14.0. The van der Waals surface area contributed by atoms with Gasteiger partial charge in [-0.3, -0.25) is 4.90 Å². The van der Waals surface area contributed by atoms with Crippen LogP contribution in [0.1, 0.15) is 33.6 Å². The van der Waals surface area contributed by atoms with E-state index in [4.69, 9.17) is 10.5 Å². The lowest BCUT2D eigenvalue weighted by atomic mass is 9.92. The number of carbonyl (C=O) groups is 1. The van der Waals surface area contributed by atoms with Gasteiger partial charge in [0.25, 0.3) is 0 Å². The van der Waals surface area contributed by atoms with E-state index in [2.05, 4.69) is 0 Å². The lowest BCUT2D eigenvalue weighted by molar-refractivity contribution is -0.00640. The van der Waals surface area contributed by atoms with Gasteiger partial charge in [-0.05, 0) is 32.9 Å². The largest absolute Gasteiger partial charge is 0.444 e. The molecular weight excluding hydrogens is 397 g/mol. The highest BCUT2D eigenvalue weighted by Crippen LogP contribution is 2.30. The molecule has 1 aromatic rings. The van der Waals surface area contributed by atoms with Gasteiger partial charge in [0.2, 0.25) is 0 Å². The van der Waals surface area contributed by atoms with Crippen LogP contribution in [0.25, 0.3) is 0 Å². The quantitative estimate of drug-likeness (QED) is 0.748. The lowest BCUT2D eigenvalue weighted by Crippen LogP contribution is -2.54. The van der Waals surface area contributed by atoms with E-state index in [0.717, 1.165) is 12.1 Å². The second-order valence-electron chi connectivity index (χ2n) is 9.21. The summed E-state index contributed by atoms with van der Waals surface area (Å²) in [6.07, 6.45) is 0.0761. The minimum atomic E-state index is -1.39. The molecule has 1 aromatic carbocycles. The fourth-order valence-corrected chi connectivity index (χ4v) is 3.99. The van der Waals surface area contributed by atoms with Crippen LogP contribution in [-0.4, -0.2) is 73.0 Å². The van der Waals surface area contributed by atoms with Crippen molar-refractivity contribution in [3.05, 3.63) is 23.8 Å². The van der Waals surface area contributed by atoms with Gasteiger partial charge in [-0.2, -0.15) is 0 Å². The average molecular weight is 428 g/mol. The van der Waals surface area contributed by atoms with E-state index in [1.807, 2.05) is 4.90 Å². The van der Waals surface area contributed by atoms with Crippen molar-refractivity contribution in [1.29, 1.82) is 0 Å². The van der Waals surface area contributed by atoms with Gasteiger partial charge >= 0.3 is 6.09 Å². The molecule has 3 rings (SSSR count). The van der Waals surface area contributed by atoms with Crippen molar-refractivity contribution in [3.63, 3.8) is 0 Å². The molecule has 0 aliphatic carbocycles. The van der Waals surface area contributed by atoms with Crippen molar-refractivity contribution in [2.75, 3.05) is 56.4 Å². The Morgan fingerprint density at radius 1 is 1.07 bits per heavy atom. The monoisotopic (exact) mass is 428 g/mol. The van der Waals surface area contributed by atoms with Crippen LogP contribution in [0, 0.1) is 11.6 Å². The summed E-state index contributed by atoms with van der Waals surface area (Å²) in [5.41, 5.74) is 3.47. The summed E-state index contributed by atoms with van der Waals surface area (Å²) in [5, 5.41) is 0. The zero-order valence-corrected chi connectivity index (χ0v) is 17.9. The maximum atomic E-state index is 15.4. The summed E-state index contributed by atoms with van der Waals surface area (Å²) < 4.78 is 49.0. The van der Waals surface area contributed by atoms with Crippen molar-refractivity contribution in [2.45, 2.75) is 44.9 Å². The number of nitrogens with two attached hydrogens (primary N) is 1. The van der Waals surface area contributed by atoms with Gasteiger partial charge in [0.15, 0.2) is 11.6 Å². The molecule has 0 spiro atoms. The number of hydrogen-bond acceptors (Lipinski definition) is 5. The van der Waals surface area contributed by atoms with Crippen LogP contribution in [0.5, 0.6) is 0 Å². The van der Waals surface area contributed by atoms with Crippen LogP contribution >= 0.6 is 0 Å². The van der Waals surface area contributed by atoms with Gasteiger partial charge in [-0.15, -0.1) is 0 Å². The summed E-state index contributed by atoms with van der Waals surface area (Å²) in [7, 11) is 0. The van der Waals surface area contributed by atoms with Gasteiger partial charge in [-0.1, -0.05) is 0 Å². The SMILES string of the molecule is CC(C)(C)OC(=O)N1CCC(F)(CN2CCN(c3c(F)cc(N)cc3F)CC2)CC1. The molecule has 0 saturated carbocycles. The van der Waals surface area contributed by atoms with E-state index in [1.54, 1.807) is 30.6 Å². The Labute approximate surface area is 175 Å². The van der Waals surface area contributed by atoms with Crippen molar-refractivity contribution in [1.82, 2.24) is 9.80 Å². The smallest absolute Gasteiger partial charge is 0.410 e. The number of hydrogen-bond donors (Lipinski definition) is 1. The number of piperidine rings is 1. The number of amides is 1. The molecule has 2 fully saturated rings. The fourth-order valence-electron chi connectivity index (χ4n) is 3.99. The molecule has 0 atom stereocenters. The Hall–Kier alpha value is -2.16. The van der Waals surface area contributed by atoms with Gasteiger partial charge < -0.3 is 20.3 Å². The number of alkyl halides is 1. The molecule has 0 bridgehead atoms. The van der Waals surface area contributed by atoms with Gasteiger partial charge in [0.1, 0.15) is 17.0 Å². The van der Waals surface area contributed by atoms with E-state index in [0.29, 0.717) is 39.3 Å². The number of nitrogens with zero attached hydrogens (tertiary/aromatic N) is 3. The van der Waals surface area contributed by atoms with Gasteiger partial charge in [0, 0.05) is 64.3 Å². The van der Waals surface area contributed by atoms with Crippen LogP contribution in [-0.2, 0) is 4.74 Å². The molecule has 0 aromatic heterocycles. The lowest BCUT2D eigenvalue weighted by Gasteiger charge is -2.42. The Morgan fingerprint density at radius 3 is 2.10 bits per heavy atom. The zero-order chi connectivity index (χ0) is 22.1. The third-order valence-electron chi connectivity index (χ3n) is 5.55. The van der Waals surface area contributed by atoms with E-state index in [1.165, 1.54) is 0 Å².